The Labute approximate surface area is 191 Å². The minimum Gasteiger partial charge on any atom is -0.508 e. The first-order valence-electron chi connectivity index (χ1n) is 11.4. The molecule has 6 nitrogen and oxygen atoms in total. The second-order valence-corrected chi connectivity index (χ2v) is 8.58. The number of hydrogen-bond acceptors (Lipinski definition) is 5. The van der Waals surface area contributed by atoms with Crippen molar-refractivity contribution in [3.63, 3.8) is 0 Å². The van der Waals surface area contributed by atoms with E-state index in [0.717, 1.165) is 24.2 Å². The van der Waals surface area contributed by atoms with Crippen LogP contribution in [0, 0.1) is 11.3 Å². The SMILES string of the molecule is CCN(CC)C(=O)c1ccc(C(c2cccc(O)c2)N2C[C@@H](C)N(CC#N)C[C@@H]2C)cc1. The number of nitriles is 1. The summed E-state index contributed by atoms with van der Waals surface area (Å²) < 4.78 is 0. The molecule has 170 valence electrons. The molecule has 1 aliphatic heterocycles. The lowest BCUT2D eigenvalue weighted by Crippen LogP contribution is -2.57. The highest BCUT2D eigenvalue weighted by atomic mass is 16.3. The predicted octanol–water partition coefficient (Wildman–Crippen LogP) is 3.88. The summed E-state index contributed by atoms with van der Waals surface area (Å²) in [5, 5.41) is 19.3. The number of hydrogen-bond donors (Lipinski definition) is 1. The maximum Gasteiger partial charge on any atom is 0.253 e. The zero-order valence-electron chi connectivity index (χ0n) is 19.5. The normalized spacial score (nSPS) is 20.5. The van der Waals surface area contributed by atoms with Crippen LogP contribution in [0.4, 0.5) is 0 Å². The van der Waals surface area contributed by atoms with Gasteiger partial charge in [0.1, 0.15) is 5.75 Å². The molecule has 32 heavy (non-hydrogen) atoms. The number of piperazine rings is 1. The monoisotopic (exact) mass is 434 g/mol. The predicted molar refractivity (Wildman–Crippen MR) is 126 cm³/mol. The van der Waals surface area contributed by atoms with Crippen molar-refractivity contribution in [3.8, 4) is 11.8 Å². The molecule has 3 atom stereocenters. The Balaban J connectivity index is 1.96. The Kier molecular flexibility index (Phi) is 7.89. The standard InChI is InChI=1S/C26H34N4O2/c1-5-28(6-2)26(32)22-12-10-21(11-13-22)25(23-8-7-9-24(31)16-23)30-18-19(3)29(15-14-27)17-20(30)4/h7-13,16,19-20,25,31H,5-6,15,17-18H2,1-4H3/t19-,20+,25?/m1/s1. The van der Waals surface area contributed by atoms with Gasteiger partial charge in [0.05, 0.1) is 18.7 Å². The van der Waals surface area contributed by atoms with Gasteiger partial charge in [-0.15, -0.1) is 0 Å². The molecule has 1 fully saturated rings. The van der Waals surface area contributed by atoms with Crippen LogP contribution in [0.25, 0.3) is 0 Å². The van der Waals surface area contributed by atoms with Crippen LogP contribution in [-0.2, 0) is 0 Å². The molecular weight excluding hydrogens is 400 g/mol. The Morgan fingerprint density at radius 2 is 1.78 bits per heavy atom. The van der Waals surface area contributed by atoms with E-state index >= 15 is 0 Å². The number of rotatable bonds is 7. The van der Waals surface area contributed by atoms with Crippen LogP contribution in [0.3, 0.4) is 0 Å². The van der Waals surface area contributed by atoms with Gasteiger partial charge < -0.3 is 10.0 Å². The molecule has 1 aliphatic rings. The van der Waals surface area contributed by atoms with Crippen molar-refractivity contribution < 1.29 is 9.90 Å². The van der Waals surface area contributed by atoms with Crippen LogP contribution in [0.5, 0.6) is 5.75 Å². The van der Waals surface area contributed by atoms with Crippen LogP contribution in [0.1, 0.15) is 55.2 Å². The van der Waals surface area contributed by atoms with E-state index in [-0.39, 0.29) is 29.8 Å². The van der Waals surface area contributed by atoms with Gasteiger partial charge in [0.2, 0.25) is 0 Å². The number of carbonyl (C=O) groups excluding carboxylic acids is 1. The zero-order valence-corrected chi connectivity index (χ0v) is 19.5. The number of phenols is 1. The van der Waals surface area contributed by atoms with Gasteiger partial charge in [0, 0.05) is 43.8 Å². The lowest BCUT2D eigenvalue weighted by molar-refractivity contribution is 0.0314. The van der Waals surface area contributed by atoms with E-state index in [1.807, 2.05) is 61.2 Å². The maximum absolute atomic E-state index is 12.7. The second-order valence-electron chi connectivity index (χ2n) is 8.58. The van der Waals surface area contributed by atoms with E-state index in [0.29, 0.717) is 25.2 Å². The van der Waals surface area contributed by atoms with E-state index in [2.05, 4.69) is 29.7 Å². The first-order chi connectivity index (χ1) is 15.4. The topological polar surface area (TPSA) is 70.8 Å². The molecule has 1 heterocycles. The molecule has 1 N–H and O–H groups in total. The number of carbonyl (C=O) groups is 1. The minimum absolute atomic E-state index is 0.0440. The molecule has 0 aliphatic carbocycles. The Morgan fingerprint density at radius 3 is 2.38 bits per heavy atom. The summed E-state index contributed by atoms with van der Waals surface area (Å²) in [5.41, 5.74) is 2.78. The van der Waals surface area contributed by atoms with E-state index < -0.39 is 0 Å². The molecule has 0 radical (unpaired) electrons. The van der Waals surface area contributed by atoms with Crippen molar-refractivity contribution in [1.82, 2.24) is 14.7 Å². The number of nitrogens with zero attached hydrogens (tertiary/aromatic N) is 4. The van der Waals surface area contributed by atoms with Gasteiger partial charge in [-0.25, -0.2) is 0 Å². The average Bonchev–Trinajstić information content (AvgIpc) is 2.78. The summed E-state index contributed by atoms with van der Waals surface area (Å²) >= 11 is 0. The summed E-state index contributed by atoms with van der Waals surface area (Å²) in [5.74, 6) is 0.284. The van der Waals surface area contributed by atoms with Crippen molar-refractivity contribution in [2.24, 2.45) is 0 Å². The highest BCUT2D eigenvalue weighted by Gasteiger charge is 2.34. The van der Waals surface area contributed by atoms with Crippen LogP contribution >= 0.6 is 0 Å². The van der Waals surface area contributed by atoms with E-state index in [4.69, 9.17) is 5.26 Å². The van der Waals surface area contributed by atoms with Crippen LogP contribution in [0.15, 0.2) is 48.5 Å². The molecule has 2 aromatic carbocycles. The fourth-order valence-corrected chi connectivity index (χ4v) is 4.67. The quantitative estimate of drug-likeness (QED) is 0.670. The lowest BCUT2D eigenvalue weighted by atomic mass is 9.92. The fraction of sp³-hybridized carbons (Fsp3) is 0.462. The average molecular weight is 435 g/mol. The Bertz CT molecular complexity index is 949. The molecule has 1 amide bonds. The van der Waals surface area contributed by atoms with Crippen LogP contribution < -0.4 is 0 Å². The van der Waals surface area contributed by atoms with Gasteiger partial charge in [-0.1, -0.05) is 24.3 Å². The third-order valence-electron chi connectivity index (χ3n) is 6.48. The van der Waals surface area contributed by atoms with E-state index in [1.165, 1.54) is 0 Å². The summed E-state index contributed by atoms with van der Waals surface area (Å²) in [6.07, 6.45) is 0. The largest absolute Gasteiger partial charge is 0.508 e. The number of aromatic hydroxyl groups is 1. The van der Waals surface area contributed by atoms with Gasteiger partial charge in [-0.05, 0) is 63.1 Å². The molecule has 3 rings (SSSR count). The highest BCUT2D eigenvalue weighted by molar-refractivity contribution is 5.94. The summed E-state index contributed by atoms with van der Waals surface area (Å²) in [6, 6.07) is 18.0. The Morgan fingerprint density at radius 1 is 1.09 bits per heavy atom. The van der Waals surface area contributed by atoms with Crippen molar-refractivity contribution in [3.05, 3.63) is 65.2 Å². The summed E-state index contributed by atoms with van der Waals surface area (Å²) in [4.78, 5) is 19.2. The molecule has 2 aromatic rings. The maximum atomic E-state index is 12.7. The molecule has 1 unspecified atom stereocenters. The molecule has 0 bridgehead atoms. The van der Waals surface area contributed by atoms with Crippen LogP contribution in [0.2, 0.25) is 0 Å². The van der Waals surface area contributed by atoms with Gasteiger partial charge in [-0.3, -0.25) is 14.6 Å². The number of amides is 1. The van der Waals surface area contributed by atoms with E-state index in [1.54, 1.807) is 6.07 Å². The first-order valence-corrected chi connectivity index (χ1v) is 11.4. The van der Waals surface area contributed by atoms with Crippen LogP contribution in [-0.4, -0.2) is 70.5 Å². The van der Waals surface area contributed by atoms with Gasteiger partial charge in [0.25, 0.3) is 5.91 Å². The third kappa shape index (κ3) is 5.12. The van der Waals surface area contributed by atoms with E-state index in [9.17, 15) is 9.90 Å². The van der Waals surface area contributed by atoms with Crippen molar-refractivity contribution in [1.29, 1.82) is 5.26 Å². The fourth-order valence-electron chi connectivity index (χ4n) is 4.67. The highest BCUT2D eigenvalue weighted by Crippen LogP contribution is 2.34. The Hall–Kier alpha value is -2.88. The molecular formula is C26H34N4O2. The third-order valence-corrected chi connectivity index (χ3v) is 6.48. The smallest absolute Gasteiger partial charge is 0.253 e. The van der Waals surface area contributed by atoms with Crippen molar-refractivity contribution in [2.45, 2.75) is 45.8 Å². The molecule has 6 heteroatoms. The zero-order chi connectivity index (χ0) is 23.3. The minimum atomic E-state index is -0.0543. The molecule has 0 spiro atoms. The molecule has 0 saturated carbocycles. The molecule has 1 saturated heterocycles. The van der Waals surface area contributed by atoms with Crippen molar-refractivity contribution >= 4 is 5.91 Å². The summed E-state index contributed by atoms with van der Waals surface area (Å²) in [7, 11) is 0. The first kappa shape index (κ1) is 23.8. The van der Waals surface area contributed by atoms with Crippen molar-refractivity contribution in [2.75, 3.05) is 32.7 Å². The lowest BCUT2D eigenvalue weighted by Gasteiger charge is -2.47. The molecule has 0 aromatic heterocycles. The van der Waals surface area contributed by atoms with Gasteiger partial charge in [-0.2, -0.15) is 5.26 Å². The number of benzene rings is 2. The number of phenolic OH excluding ortho intramolecular Hbond substituents is 1. The summed E-state index contributed by atoms with van der Waals surface area (Å²) in [6.45, 7) is 11.7. The van der Waals surface area contributed by atoms with Gasteiger partial charge >= 0.3 is 0 Å². The van der Waals surface area contributed by atoms with Gasteiger partial charge in [0.15, 0.2) is 0 Å². The second kappa shape index (κ2) is 10.6.